The van der Waals surface area contributed by atoms with E-state index in [1.807, 2.05) is 31.2 Å². The van der Waals surface area contributed by atoms with E-state index in [9.17, 15) is 5.26 Å². The summed E-state index contributed by atoms with van der Waals surface area (Å²) in [6.07, 6.45) is 0.587. The molecule has 7 nitrogen and oxygen atoms in total. The molecule has 0 saturated heterocycles. The molecule has 3 aromatic rings. The van der Waals surface area contributed by atoms with Crippen LogP contribution in [0.4, 0.5) is 0 Å². The van der Waals surface area contributed by atoms with Crippen molar-refractivity contribution in [3.05, 3.63) is 47.5 Å². The lowest BCUT2D eigenvalue weighted by Crippen LogP contribution is -2.03. The molecule has 0 aliphatic heterocycles. The molecule has 1 heterocycles. The Kier molecular flexibility index (Phi) is 6.62. The van der Waals surface area contributed by atoms with E-state index in [1.165, 1.54) is 24.4 Å². The van der Waals surface area contributed by atoms with Gasteiger partial charge in [0.05, 0.1) is 27.4 Å². The predicted octanol–water partition coefficient (Wildman–Crippen LogP) is 4.30. The zero-order chi connectivity index (χ0) is 20.8. The van der Waals surface area contributed by atoms with Gasteiger partial charge in [-0.15, -0.1) is 10.2 Å². The quantitative estimate of drug-likeness (QED) is 0.507. The molecule has 2 aromatic carbocycles. The maximum absolute atomic E-state index is 9.51. The van der Waals surface area contributed by atoms with Crippen LogP contribution in [0.2, 0.25) is 0 Å². The molecule has 0 amide bonds. The fourth-order valence-corrected chi connectivity index (χ4v) is 3.54. The number of benzene rings is 2. The van der Waals surface area contributed by atoms with Gasteiger partial charge in [-0.05, 0) is 42.8 Å². The van der Waals surface area contributed by atoms with E-state index in [0.717, 1.165) is 5.56 Å². The van der Waals surface area contributed by atoms with E-state index < -0.39 is 0 Å². The number of ether oxygens (including phenoxy) is 3. The van der Waals surface area contributed by atoms with Crippen LogP contribution in [-0.2, 0) is 6.42 Å². The molecule has 0 spiro atoms. The minimum Gasteiger partial charge on any atom is -0.493 e. The molecular formula is C21H21N3O4S. The lowest BCUT2D eigenvalue weighted by Gasteiger charge is -2.12. The van der Waals surface area contributed by atoms with Gasteiger partial charge in [-0.1, -0.05) is 29.8 Å². The summed E-state index contributed by atoms with van der Waals surface area (Å²) in [6, 6.07) is 13.9. The number of hydrogen-bond donors (Lipinski definition) is 0. The van der Waals surface area contributed by atoms with Gasteiger partial charge in [0.25, 0.3) is 5.22 Å². The molecular weight excluding hydrogens is 390 g/mol. The Morgan fingerprint density at radius 1 is 1.03 bits per heavy atom. The number of nitrogens with zero attached hydrogens (tertiary/aromatic N) is 3. The van der Waals surface area contributed by atoms with Gasteiger partial charge in [0.15, 0.2) is 11.5 Å². The highest BCUT2D eigenvalue weighted by atomic mass is 32.2. The van der Waals surface area contributed by atoms with E-state index >= 15 is 0 Å². The molecule has 0 N–H and O–H groups in total. The normalized spacial score (nSPS) is 11.6. The number of methoxy groups -OCH3 is 3. The number of rotatable bonds is 8. The Morgan fingerprint density at radius 3 is 2.24 bits per heavy atom. The average molecular weight is 411 g/mol. The summed E-state index contributed by atoms with van der Waals surface area (Å²) in [5.41, 5.74) is 2.90. The van der Waals surface area contributed by atoms with Crippen molar-refractivity contribution < 1.29 is 18.6 Å². The smallest absolute Gasteiger partial charge is 0.278 e. The van der Waals surface area contributed by atoms with Crippen LogP contribution in [0, 0.1) is 18.3 Å². The van der Waals surface area contributed by atoms with Crippen LogP contribution in [0.25, 0.3) is 11.5 Å². The van der Waals surface area contributed by atoms with Crippen LogP contribution in [-0.4, -0.2) is 36.8 Å². The third-order valence-corrected chi connectivity index (χ3v) is 5.17. The highest BCUT2D eigenvalue weighted by Crippen LogP contribution is 2.41. The van der Waals surface area contributed by atoms with Crippen molar-refractivity contribution in [2.45, 2.75) is 23.8 Å². The zero-order valence-electron chi connectivity index (χ0n) is 16.6. The van der Waals surface area contributed by atoms with Crippen LogP contribution >= 0.6 is 11.8 Å². The summed E-state index contributed by atoms with van der Waals surface area (Å²) in [5.74, 6) is 1.77. The lowest BCUT2D eigenvalue weighted by molar-refractivity contribution is 0.324. The minimum absolute atomic E-state index is 0.304. The molecule has 0 bridgehead atoms. The van der Waals surface area contributed by atoms with E-state index in [1.54, 1.807) is 26.4 Å². The summed E-state index contributed by atoms with van der Waals surface area (Å²) in [4.78, 5) is 0. The van der Waals surface area contributed by atoms with Crippen molar-refractivity contribution in [2.75, 3.05) is 21.3 Å². The predicted molar refractivity (Wildman–Crippen MR) is 110 cm³/mol. The molecule has 150 valence electrons. The number of hydrogen-bond acceptors (Lipinski definition) is 8. The van der Waals surface area contributed by atoms with Gasteiger partial charge in [-0.3, -0.25) is 0 Å². The first-order valence-electron chi connectivity index (χ1n) is 8.83. The second-order valence-corrected chi connectivity index (χ2v) is 7.37. The highest BCUT2D eigenvalue weighted by molar-refractivity contribution is 7.99. The Bertz CT molecular complexity index is 987. The van der Waals surface area contributed by atoms with Crippen molar-refractivity contribution in [1.82, 2.24) is 10.2 Å². The van der Waals surface area contributed by atoms with Gasteiger partial charge >= 0.3 is 0 Å². The fraction of sp³-hybridized carbons (Fsp3) is 0.286. The Morgan fingerprint density at radius 2 is 1.69 bits per heavy atom. The highest BCUT2D eigenvalue weighted by Gasteiger charge is 2.19. The van der Waals surface area contributed by atoms with Crippen molar-refractivity contribution in [3.8, 4) is 34.8 Å². The van der Waals surface area contributed by atoms with Crippen molar-refractivity contribution in [3.63, 3.8) is 0 Å². The van der Waals surface area contributed by atoms with Crippen molar-refractivity contribution in [1.29, 1.82) is 5.26 Å². The molecule has 8 heteroatoms. The summed E-state index contributed by atoms with van der Waals surface area (Å²) >= 11 is 1.24. The van der Waals surface area contributed by atoms with Gasteiger partial charge in [0.2, 0.25) is 11.6 Å². The lowest BCUT2D eigenvalue weighted by atomic mass is 10.1. The van der Waals surface area contributed by atoms with E-state index in [-0.39, 0.29) is 5.25 Å². The SMILES string of the molecule is COc1cc(-c2nnc(S[C@@H](C#N)Cc3ccc(C)cc3)o2)cc(OC)c1OC. The second-order valence-electron chi connectivity index (χ2n) is 6.21. The molecule has 3 rings (SSSR count). The molecule has 0 radical (unpaired) electrons. The molecule has 1 aromatic heterocycles. The first kappa shape index (κ1) is 20.6. The third-order valence-electron chi connectivity index (χ3n) is 4.25. The fourth-order valence-electron chi connectivity index (χ4n) is 2.75. The van der Waals surface area contributed by atoms with E-state index in [0.29, 0.717) is 40.3 Å². The van der Waals surface area contributed by atoms with Gasteiger partial charge in [0.1, 0.15) is 5.25 Å². The Balaban J connectivity index is 1.79. The summed E-state index contributed by atoms with van der Waals surface area (Å²) in [7, 11) is 4.62. The zero-order valence-corrected chi connectivity index (χ0v) is 17.4. The number of aromatic nitrogens is 2. The summed E-state index contributed by atoms with van der Waals surface area (Å²) in [5, 5.41) is 17.7. The Labute approximate surface area is 173 Å². The Hall–Kier alpha value is -3.18. The first-order chi connectivity index (χ1) is 14.1. The van der Waals surface area contributed by atoms with E-state index in [2.05, 4.69) is 16.3 Å². The van der Waals surface area contributed by atoms with E-state index in [4.69, 9.17) is 18.6 Å². The van der Waals surface area contributed by atoms with Gasteiger partial charge in [-0.2, -0.15) is 5.26 Å². The number of nitriles is 1. The molecule has 0 unspecified atom stereocenters. The van der Waals surface area contributed by atoms with Crippen molar-refractivity contribution >= 4 is 11.8 Å². The minimum atomic E-state index is -0.342. The van der Waals surface area contributed by atoms with Crippen molar-refractivity contribution in [2.24, 2.45) is 0 Å². The largest absolute Gasteiger partial charge is 0.493 e. The number of aryl methyl sites for hydroxylation is 1. The molecule has 0 aliphatic rings. The van der Waals surface area contributed by atoms with Gasteiger partial charge in [-0.25, -0.2) is 0 Å². The van der Waals surface area contributed by atoms with Crippen LogP contribution in [0.1, 0.15) is 11.1 Å². The van der Waals surface area contributed by atoms with Gasteiger partial charge < -0.3 is 18.6 Å². The third kappa shape index (κ3) is 4.81. The van der Waals surface area contributed by atoms with Crippen LogP contribution in [0.5, 0.6) is 17.2 Å². The van der Waals surface area contributed by atoms with Crippen LogP contribution in [0.15, 0.2) is 46.0 Å². The molecule has 29 heavy (non-hydrogen) atoms. The standard InChI is InChI=1S/C21H21N3O4S/c1-13-5-7-14(8-6-13)9-16(12-22)29-21-24-23-20(28-21)15-10-17(25-2)19(27-4)18(11-15)26-3/h5-8,10-11,16H,9H2,1-4H3/t16-/m1/s1. The molecule has 0 aliphatic carbocycles. The monoisotopic (exact) mass is 411 g/mol. The van der Waals surface area contributed by atoms with Crippen LogP contribution in [0.3, 0.4) is 0 Å². The maximum Gasteiger partial charge on any atom is 0.278 e. The average Bonchev–Trinajstić information content (AvgIpc) is 3.22. The summed E-state index contributed by atoms with van der Waals surface area (Å²) < 4.78 is 21.8. The molecule has 0 fully saturated rings. The molecule has 0 saturated carbocycles. The molecule has 1 atom stereocenters. The second kappa shape index (κ2) is 9.34. The topological polar surface area (TPSA) is 90.4 Å². The maximum atomic E-state index is 9.51. The van der Waals surface area contributed by atoms with Crippen LogP contribution < -0.4 is 14.2 Å². The van der Waals surface area contributed by atoms with Gasteiger partial charge in [0, 0.05) is 5.56 Å². The number of thioether (sulfide) groups is 1. The summed E-state index contributed by atoms with van der Waals surface area (Å²) in [6.45, 7) is 2.03. The first-order valence-corrected chi connectivity index (χ1v) is 9.71.